The lowest BCUT2D eigenvalue weighted by molar-refractivity contribution is -0.147. The predicted molar refractivity (Wildman–Crippen MR) is 84.1 cm³/mol. The normalized spacial score (nSPS) is 17.8. The highest BCUT2D eigenvalue weighted by Gasteiger charge is 2.35. The van der Waals surface area contributed by atoms with Crippen LogP contribution in [0.2, 0.25) is 0 Å². The van der Waals surface area contributed by atoms with Crippen molar-refractivity contribution in [2.24, 2.45) is 0 Å². The van der Waals surface area contributed by atoms with E-state index in [1.165, 1.54) is 4.90 Å². The molecule has 1 N–H and O–H groups in total. The van der Waals surface area contributed by atoms with Gasteiger partial charge in [0.05, 0.1) is 24.6 Å². The Morgan fingerprint density at radius 1 is 1.33 bits per heavy atom. The van der Waals surface area contributed by atoms with Crippen LogP contribution in [0.15, 0.2) is 24.3 Å². The van der Waals surface area contributed by atoms with Crippen LogP contribution in [0.4, 0.5) is 0 Å². The lowest BCUT2D eigenvalue weighted by atomic mass is 10.2. The van der Waals surface area contributed by atoms with E-state index in [0.29, 0.717) is 12.3 Å². The zero-order valence-corrected chi connectivity index (χ0v) is 13.5. The highest BCUT2D eigenvalue weighted by atomic mass is 16.5. The number of rotatable bonds is 3. The van der Waals surface area contributed by atoms with Gasteiger partial charge in [-0.2, -0.15) is 0 Å². The first-order valence-corrected chi connectivity index (χ1v) is 7.60. The van der Waals surface area contributed by atoms with Crippen molar-refractivity contribution in [1.82, 2.24) is 19.9 Å². The molecule has 0 radical (unpaired) electrons. The van der Waals surface area contributed by atoms with E-state index in [9.17, 15) is 14.7 Å². The lowest BCUT2D eigenvalue weighted by Gasteiger charge is -2.32. The Morgan fingerprint density at radius 3 is 2.83 bits per heavy atom. The van der Waals surface area contributed by atoms with E-state index >= 15 is 0 Å². The molecule has 126 valence electrons. The number of aryl methyl sites for hydroxylation is 1. The molecule has 0 aliphatic carbocycles. The zero-order chi connectivity index (χ0) is 17.3. The summed E-state index contributed by atoms with van der Waals surface area (Å²) in [5.41, 5.74) is 2.59. The molecule has 0 spiro atoms. The number of carbonyl (C=O) groups excluding carboxylic acids is 1. The van der Waals surface area contributed by atoms with Crippen molar-refractivity contribution < 1.29 is 19.4 Å². The minimum atomic E-state index is -1.09. The summed E-state index contributed by atoms with van der Waals surface area (Å²) >= 11 is 0. The summed E-state index contributed by atoms with van der Waals surface area (Å²) in [7, 11) is 0. The molecule has 1 amide bonds. The summed E-state index contributed by atoms with van der Waals surface area (Å²) in [6.07, 6.45) is 0. The Kier molecular flexibility index (Phi) is 4.30. The Balaban J connectivity index is 1.92. The maximum Gasteiger partial charge on any atom is 0.328 e. The molecular weight excluding hydrogens is 312 g/mol. The third kappa shape index (κ3) is 2.88. The molecule has 1 unspecified atom stereocenters. The average molecular weight is 330 g/mol. The van der Waals surface area contributed by atoms with Gasteiger partial charge in [0, 0.05) is 6.54 Å². The number of nitrogens with zero attached hydrogens (tertiary/aromatic N) is 4. The molecule has 1 aliphatic heterocycles. The van der Waals surface area contributed by atoms with Gasteiger partial charge in [-0.1, -0.05) is 17.3 Å². The van der Waals surface area contributed by atoms with Crippen LogP contribution in [0.5, 0.6) is 0 Å². The van der Waals surface area contributed by atoms with E-state index in [1.54, 1.807) is 11.6 Å². The molecule has 24 heavy (non-hydrogen) atoms. The molecule has 1 atom stereocenters. The Bertz CT molecular complexity index is 786. The summed E-state index contributed by atoms with van der Waals surface area (Å²) in [4.78, 5) is 25.4. The first kappa shape index (κ1) is 16.1. The molecule has 1 aromatic carbocycles. The molecule has 1 aromatic heterocycles. The fourth-order valence-electron chi connectivity index (χ4n) is 2.72. The van der Waals surface area contributed by atoms with Gasteiger partial charge < -0.3 is 14.7 Å². The number of morpholine rings is 1. The van der Waals surface area contributed by atoms with Crippen LogP contribution in [0.25, 0.3) is 5.69 Å². The van der Waals surface area contributed by atoms with Crippen LogP contribution in [-0.4, -0.2) is 62.7 Å². The molecule has 1 fully saturated rings. The minimum Gasteiger partial charge on any atom is -0.480 e. The molecule has 8 heteroatoms. The van der Waals surface area contributed by atoms with Crippen molar-refractivity contribution in [2.75, 3.05) is 19.8 Å². The third-order valence-corrected chi connectivity index (χ3v) is 4.02. The number of carboxylic acids is 1. The van der Waals surface area contributed by atoms with Gasteiger partial charge in [-0.05, 0) is 31.5 Å². The molecular formula is C16H18N4O4. The molecule has 1 aliphatic rings. The summed E-state index contributed by atoms with van der Waals surface area (Å²) < 4.78 is 6.74. The number of hydrogen-bond donors (Lipinski definition) is 1. The molecule has 2 aromatic rings. The largest absolute Gasteiger partial charge is 0.480 e. The van der Waals surface area contributed by atoms with Gasteiger partial charge in [0.25, 0.3) is 5.91 Å². The van der Waals surface area contributed by atoms with Gasteiger partial charge in [-0.25, -0.2) is 9.48 Å². The summed E-state index contributed by atoms with van der Waals surface area (Å²) in [6, 6.07) is 6.67. The Labute approximate surface area is 138 Å². The summed E-state index contributed by atoms with van der Waals surface area (Å²) in [5.74, 6) is -1.53. The lowest BCUT2D eigenvalue weighted by Crippen LogP contribution is -2.52. The number of aliphatic carboxylic acids is 1. The van der Waals surface area contributed by atoms with Crippen molar-refractivity contribution in [2.45, 2.75) is 19.9 Å². The van der Waals surface area contributed by atoms with Gasteiger partial charge in [-0.3, -0.25) is 4.79 Å². The van der Waals surface area contributed by atoms with E-state index in [2.05, 4.69) is 10.3 Å². The van der Waals surface area contributed by atoms with Gasteiger partial charge in [-0.15, -0.1) is 5.10 Å². The fraction of sp³-hybridized carbons (Fsp3) is 0.375. The second-order valence-corrected chi connectivity index (χ2v) is 5.70. The fourth-order valence-corrected chi connectivity index (χ4v) is 2.72. The monoisotopic (exact) mass is 330 g/mol. The molecule has 1 saturated heterocycles. The second kappa shape index (κ2) is 6.40. The van der Waals surface area contributed by atoms with E-state index in [4.69, 9.17) is 4.74 Å². The molecule has 2 heterocycles. The predicted octanol–water partition coefficient (Wildman–Crippen LogP) is 0.810. The van der Waals surface area contributed by atoms with Crippen LogP contribution in [0.1, 0.15) is 21.7 Å². The maximum absolute atomic E-state index is 12.7. The quantitative estimate of drug-likeness (QED) is 0.894. The first-order chi connectivity index (χ1) is 11.5. The molecule has 0 saturated carbocycles. The van der Waals surface area contributed by atoms with Crippen LogP contribution < -0.4 is 0 Å². The number of carbonyl (C=O) groups is 2. The number of carboxylic acid groups (broad SMARTS) is 1. The summed E-state index contributed by atoms with van der Waals surface area (Å²) in [5, 5.41) is 17.3. The van der Waals surface area contributed by atoms with Crippen molar-refractivity contribution in [1.29, 1.82) is 0 Å². The van der Waals surface area contributed by atoms with Crippen molar-refractivity contribution in [3.05, 3.63) is 41.2 Å². The number of benzene rings is 1. The van der Waals surface area contributed by atoms with Crippen molar-refractivity contribution in [3.8, 4) is 5.69 Å². The molecule has 3 rings (SSSR count). The average Bonchev–Trinajstić information content (AvgIpc) is 2.95. The number of aromatic nitrogens is 3. The Hall–Kier alpha value is -2.74. The standard InChI is InChI=1S/C16H18N4O4/c1-10-4-3-5-12(8-10)20-11(2)14(17-18-20)15(21)19-6-7-24-9-13(19)16(22)23/h3-5,8,13H,6-7,9H2,1-2H3,(H,22,23). The van der Waals surface area contributed by atoms with E-state index in [-0.39, 0.29) is 18.8 Å². The van der Waals surface area contributed by atoms with Gasteiger partial charge in [0.1, 0.15) is 0 Å². The Morgan fingerprint density at radius 2 is 2.12 bits per heavy atom. The number of amides is 1. The van der Waals surface area contributed by atoms with Crippen molar-refractivity contribution in [3.63, 3.8) is 0 Å². The van der Waals surface area contributed by atoms with Crippen LogP contribution >= 0.6 is 0 Å². The highest BCUT2D eigenvalue weighted by molar-refractivity contribution is 5.96. The maximum atomic E-state index is 12.7. The smallest absolute Gasteiger partial charge is 0.328 e. The van der Waals surface area contributed by atoms with Gasteiger partial charge >= 0.3 is 5.97 Å². The number of hydrogen-bond acceptors (Lipinski definition) is 5. The highest BCUT2D eigenvalue weighted by Crippen LogP contribution is 2.17. The van der Waals surface area contributed by atoms with Gasteiger partial charge in [0.15, 0.2) is 11.7 Å². The van der Waals surface area contributed by atoms with Gasteiger partial charge in [0.2, 0.25) is 0 Å². The van der Waals surface area contributed by atoms with E-state index in [1.807, 2.05) is 31.2 Å². The zero-order valence-electron chi connectivity index (χ0n) is 13.5. The summed E-state index contributed by atoms with van der Waals surface area (Å²) in [6.45, 7) is 4.21. The molecule has 0 bridgehead atoms. The first-order valence-electron chi connectivity index (χ1n) is 7.60. The van der Waals surface area contributed by atoms with E-state index in [0.717, 1.165) is 11.3 Å². The van der Waals surface area contributed by atoms with Crippen molar-refractivity contribution >= 4 is 11.9 Å². The van der Waals surface area contributed by atoms with Crippen LogP contribution in [0.3, 0.4) is 0 Å². The minimum absolute atomic E-state index is 0.0217. The second-order valence-electron chi connectivity index (χ2n) is 5.70. The van der Waals surface area contributed by atoms with E-state index < -0.39 is 17.9 Å². The third-order valence-electron chi connectivity index (χ3n) is 4.02. The number of ether oxygens (including phenoxy) is 1. The van der Waals surface area contributed by atoms with Crippen LogP contribution in [0, 0.1) is 13.8 Å². The molecule has 8 nitrogen and oxygen atoms in total. The topological polar surface area (TPSA) is 97.5 Å². The van der Waals surface area contributed by atoms with Crippen LogP contribution in [-0.2, 0) is 9.53 Å². The SMILES string of the molecule is Cc1cccc(-n2nnc(C(=O)N3CCOCC3C(=O)O)c2C)c1.